The number of anilines is 5. The molecule has 0 atom stereocenters. The van der Waals surface area contributed by atoms with Gasteiger partial charge in [0.15, 0.2) is 28.2 Å². The Morgan fingerprint density at radius 2 is 0.624 bits per heavy atom. The van der Waals surface area contributed by atoms with Crippen LogP contribution in [-0.2, 0) is 24.0 Å². The largest absolute Gasteiger partial charge is 0.481 e. The summed E-state index contributed by atoms with van der Waals surface area (Å²) in [5, 5.41) is 78.5. The molecule has 722 valence electrons. The first-order valence-electron chi connectivity index (χ1n) is 46.6. The number of aryl methyl sites for hydroxylation is 1. The topological polar surface area (TPSA) is 551 Å². The zero-order valence-electron chi connectivity index (χ0n) is 76.1. The van der Waals surface area contributed by atoms with Crippen molar-refractivity contribution < 1.29 is 49.5 Å². The van der Waals surface area contributed by atoms with Crippen molar-refractivity contribution in [3.05, 3.63) is 222 Å². The van der Waals surface area contributed by atoms with E-state index in [2.05, 4.69) is 147 Å². The van der Waals surface area contributed by atoms with Gasteiger partial charge in [-0.05, 0) is 298 Å². The summed E-state index contributed by atoms with van der Waals surface area (Å²) < 4.78 is 11.9. The monoisotopic (exact) mass is 2220 g/mol. The summed E-state index contributed by atoms with van der Waals surface area (Å²) in [6.07, 6.45) is 36.0. The summed E-state index contributed by atoms with van der Waals surface area (Å²) in [6, 6.07) is 30.1. The van der Waals surface area contributed by atoms with Gasteiger partial charge in [0, 0.05) is 122 Å². The molecule has 5 fully saturated rings. The predicted molar refractivity (Wildman–Crippen MR) is 551 cm³/mol. The molecule has 0 saturated heterocycles. The smallest absolute Gasteiger partial charge is 0.306 e. The third-order valence-electron chi connectivity index (χ3n) is 28.2. The van der Waals surface area contributed by atoms with Crippen LogP contribution in [0, 0.1) is 36.5 Å². The van der Waals surface area contributed by atoms with Crippen molar-refractivity contribution in [2.45, 2.75) is 165 Å². The second-order valence-corrected chi connectivity index (χ2v) is 40.7. The zero-order valence-corrected chi connectivity index (χ0v) is 84.0. The number of pyridine rings is 3. The van der Waals surface area contributed by atoms with Crippen molar-refractivity contribution in [3.8, 4) is 55.6 Å². The lowest BCUT2D eigenvalue weighted by Crippen LogP contribution is -2.21. The third-order valence-corrected chi connectivity index (χ3v) is 32.3. The van der Waals surface area contributed by atoms with E-state index in [1.807, 2.05) is 98.2 Å². The standard InChI is InChI=1S/2C22H20BrN5O2.C20H19BrN6O2.C19H20BrN5O2.C17H18BrN5O2/c2*23-18-19(12-3-5-13(6-4-12)22(29)30)27-21-16(11-26-28(21)20(18)24)14-7-8-17-15(10-14)2-1-9-25-17;21-16-17(10-1-3-11(4-2-10)20(28)29)25-19-14(9-24-27(19)18(16)22)12-5-6-15-13(7-12)8-23-26-15;1-10-6-13(8-22-7-10)14-9-23-25-17(21)15(20)16(24-18(14)25)11-2-4-12(5-3-11)19(26)27;18-13-14(9-1-3-10(4-2-9)17(24)25)22-16-12(11-5-6-20-7-11)8-21-23(16)15(13)19/h2*1-2,7-13H,3-6,24H2,(H,29,30);5-11H,1-4,22H2,(H,23,26)(H,28,29);6-9,11-12H,2-5,21H2,1H3,(H,26,27);5-10,20H,1-4,19H2,(H,24,25). The maximum Gasteiger partial charge on any atom is 0.306 e. The SMILES string of the molecule is Cc1cncc(-c2cnn3c(N)c(Br)c(C4CCC(C(=O)O)CC4)nc23)c1.Nc1c(Br)c(C2CCC(C(=O)O)CC2)nc2c(-c3cc[nH]c3)cnn12.Nc1c(Br)c(C2CCC(C(=O)O)CC2)nc2c(-c3ccc4[nH]ncc4c3)cnn12.Nc1c(Br)c(C2CCC(C(=O)O)CC2)nc2c(-c3ccc4ncccc4c3)cnn12.Nc1c(Br)c(C2CCC(C(=O)O)CC2)nc2c(-c3ccc4ncccc4c3)cnn12. The van der Waals surface area contributed by atoms with Gasteiger partial charge in [0.2, 0.25) is 0 Å². The van der Waals surface area contributed by atoms with Crippen LogP contribution >= 0.6 is 79.6 Å². The van der Waals surface area contributed by atoms with Gasteiger partial charge in [-0.3, -0.25) is 44.0 Å². The van der Waals surface area contributed by atoms with Crippen molar-refractivity contribution in [1.29, 1.82) is 0 Å². The Morgan fingerprint density at radius 1 is 0.333 bits per heavy atom. The van der Waals surface area contributed by atoms with Crippen LogP contribution in [0.2, 0.25) is 0 Å². The number of nitrogens with zero attached hydrogens (tertiary/aromatic N) is 19. The minimum absolute atomic E-state index is 0.172. The van der Waals surface area contributed by atoms with Crippen molar-refractivity contribution in [2.75, 3.05) is 28.7 Å². The molecule has 15 heterocycles. The van der Waals surface area contributed by atoms with Crippen LogP contribution in [0.15, 0.2) is 188 Å². The quantitative estimate of drug-likeness (QED) is 0.0453. The Kier molecular flexibility index (Phi) is 27.8. The van der Waals surface area contributed by atoms with E-state index in [-0.39, 0.29) is 59.2 Å². The number of carboxylic acid groups (broad SMARTS) is 5. The number of aromatic amines is 2. The minimum Gasteiger partial charge on any atom is -0.481 e. The van der Waals surface area contributed by atoms with E-state index >= 15 is 0 Å². The normalized spacial score (nSPS) is 19.8. The highest BCUT2D eigenvalue weighted by molar-refractivity contribution is 9.11. The summed E-state index contributed by atoms with van der Waals surface area (Å²) in [4.78, 5) is 96.9. The number of carboxylic acids is 5. The molecule has 0 amide bonds. The molecule has 18 aromatic rings. The van der Waals surface area contributed by atoms with Crippen LogP contribution in [0.3, 0.4) is 0 Å². The van der Waals surface area contributed by atoms with Gasteiger partial charge in [0.25, 0.3) is 0 Å². The summed E-state index contributed by atoms with van der Waals surface area (Å²) in [5.74, 6) is -1.42. The molecule has 15 aromatic heterocycles. The highest BCUT2D eigenvalue weighted by Crippen LogP contribution is 2.49. The lowest BCUT2D eigenvalue weighted by atomic mass is 9.80. The van der Waals surface area contributed by atoms with Crippen molar-refractivity contribution in [3.63, 3.8) is 0 Å². The first kappa shape index (κ1) is 96.1. The molecule has 0 bridgehead atoms. The van der Waals surface area contributed by atoms with Crippen LogP contribution in [0.25, 0.3) is 117 Å². The number of nitrogens with one attached hydrogen (secondary N) is 2. The number of fused-ring (bicyclic) bond motifs is 8. The summed E-state index contributed by atoms with van der Waals surface area (Å²) in [6.45, 7) is 1.99. The molecule has 5 saturated carbocycles. The first-order valence-corrected chi connectivity index (χ1v) is 50.5. The zero-order chi connectivity index (χ0) is 98.5. The molecule has 3 aromatic carbocycles. The van der Waals surface area contributed by atoms with E-state index in [0.717, 1.165) is 215 Å². The second-order valence-electron chi connectivity index (χ2n) is 36.7. The minimum atomic E-state index is -0.710. The Labute approximate surface area is 846 Å². The number of hydrogen-bond acceptors (Lipinski definition) is 24. The lowest BCUT2D eigenvalue weighted by Gasteiger charge is -2.26. The number of rotatable bonds is 15. The van der Waals surface area contributed by atoms with E-state index in [1.54, 1.807) is 84.5 Å². The molecular weight excluding hydrogens is 2120 g/mol. The van der Waals surface area contributed by atoms with Crippen LogP contribution in [0.4, 0.5) is 29.1 Å². The van der Waals surface area contributed by atoms with Crippen molar-refractivity contribution in [2.24, 2.45) is 29.6 Å². The second kappa shape index (κ2) is 40.8. The number of carbonyl (C=O) groups is 5. The fourth-order valence-electron chi connectivity index (χ4n) is 20.3. The van der Waals surface area contributed by atoms with E-state index in [4.69, 9.17) is 53.6 Å². The van der Waals surface area contributed by atoms with E-state index in [0.29, 0.717) is 116 Å². The van der Waals surface area contributed by atoms with E-state index in [1.165, 1.54) is 0 Å². The molecule has 23 rings (SSSR count). The average molecular weight is 2220 g/mol. The molecule has 5 aliphatic carbocycles. The van der Waals surface area contributed by atoms with E-state index < -0.39 is 29.8 Å². The summed E-state index contributed by atoms with van der Waals surface area (Å²) in [5.41, 5.74) is 53.0. The number of halogens is 5. The number of nitrogens with two attached hydrogens (primary N) is 5. The molecule has 41 heteroatoms. The summed E-state index contributed by atoms with van der Waals surface area (Å²) >= 11 is 18.0. The molecule has 5 aliphatic rings. The number of benzene rings is 3. The van der Waals surface area contributed by atoms with Gasteiger partial charge in [-0.25, -0.2) is 24.9 Å². The Hall–Kier alpha value is -13.8. The summed E-state index contributed by atoms with van der Waals surface area (Å²) in [7, 11) is 0. The molecule has 36 nitrogen and oxygen atoms in total. The van der Waals surface area contributed by atoms with Crippen LogP contribution in [0.1, 0.15) is 192 Å². The highest BCUT2D eigenvalue weighted by atomic mass is 79.9. The number of nitrogen functional groups attached to an aromatic ring is 5. The Bertz CT molecular complexity index is 7660. The van der Waals surface area contributed by atoms with Gasteiger partial charge in [-0.15, -0.1) is 0 Å². The maximum absolute atomic E-state index is 11.3. The van der Waals surface area contributed by atoms with Gasteiger partial charge in [-0.2, -0.15) is 53.2 Å². The fraction of sp³-hybridized carbons (Fsp3) is 0.310. The Balaban J connectivity index is 0.000000112. The van der Waals surface area contributed by atoms with Gasteiger partial charge >= 0.3 is 29.8 Å². The van der Waals surface area contributed by atoms with Crippen molar-refractivity contribution in [1.82, 2.24) is 103 Å². The average Bonchev–Trinajstić information content (AvgIpc) is 1.66. The van der Waals surface area contributed by atoms with Crippen LogP contribution in [-0.4, -0.2) is 159 Å². The number of hydrogen-bond donors (Lipinski definition) is 12. The van der Waals surface area contributed by atoms with Crippen LogP contribution in [0.5, 0.6) is 0 Å². The van der Waals surface area contributed by atoms with Crippen LogP contribution < -0.4 is 28.7 Å². The lowest BCUT2D eigenvalue weighted by molar-refractivity contribution is -0.143. The van der Waals surface area contributed by atoms with Gasteiger partial charge in [-0.1, -0.05) is 30.3 Å². The van der Waals surface area contributed by atoms with Gasteiger partial charge in [0.1, 0.15) is 29.1 Å². The molecule has 0 unspecified atom stereocenters. The van der Waals surface area contributed by atoms with Gasteiger partial charge < -0.3 is 59.2 Å². The van der Waals surface area contributed by atoms with E-state index in [9.17, 15) is 49.5 Å². The molecule has 0 aliphatic heterocycles. The number of aromatic nitrogens is 21. The van der Waals surface area contributed by atoms with Gasteiger partial charge in [0.05, 0.1) is 134 Å². The molecule has 0 radical (unpaired) electrons. The predicted octanol–water partition coefficient (Wildman–Crippen LogP) is 20.5. The molecule has 17 N–H and O–H groups in total. The molecule has 0 spiro atoms. The Morgan fingerprint density at radius 3 is 0.915 bits per heavy atom. The fourth-order valence-corrected chi connectivity index (χ4v) is 23.2. The maximum atomic E-state index is 11.3. The number of aliphatic carboxylic acids is 5. The highest BCUT2D eigenvalue weighted by Gasteiger charge is 2.37. The third kappa shape index (κ3) is 19.4. The molecule has 141 heavy (non-hydrogen) atoms. The number of H-pyrrole nitrogens is 2. The first-order chi connectivity index (χ1) is 68.1. The van der Waals surface area contributed by atoms with Crippen molar-refractivity contribution >= 4 is 200 Å². The molecular formula is C100H97Br5N26O10.